The van der Waals surface area contributed by atoms with Gasteiger partial charge in [-0.2, -0.15) is 4.98 Å². The van der Waals surface area contributed by atoms with E-state index in [2.05, 4.69) is 43.0 Å². The van der Waals surface area contributed by atoms with E-state index in [1.807, 2.05) is 6.07 Å². The molecule has 1 heterocycles. The summed E-state index contributed by atoms with van der Waals surface area (Å²) in [6.07, 6.45) is 7.80. The molecular weight excluding hydrogens is 262 g/mol. The monoisotopic (exact) mass is 291 g/mol. The number of aromatic nitrogens is 2. The molecule has 1 aromatic rings. The smallest absolute Gasteiger partial charge is 0.219 e. The quantitative estimate of drug-likeness (QED) is 0.840. The summed E-state index contributed by atoms with van der Waals surface area (Å²) in [6.45, 7) is 9.32. The van der Waals surface area contributed by atoms with Crippen LogP contribution in [0.25, 0.3) is 0 Å². The van der Waals surface area contributed by atoms with Gasteiger partial charge in [-0.15, -0.1) is 0 Å². The minimum atomic E-state index is -0.0764. The summed E-state index contributed by atoms with van der Waals surface area (Å²) in [5.74, 6) is 2.42. The van der Waals surface area contributed by atoms with Crippen LogP contribution in [0.4, 0.5) is 5.82 Å². The lowest BCUT2D eigenvalue weighted by atomic mass is 9.96. The molecule has 0 bridgehead atoms. The van der Waals surface area contributed by atoms with Gasteiger partial charge in [0.05, 0.1) is 0 Å². The molecule has 0 aromatic carbocycles. The van der Waals surface area contributed by atoms with Crippen molar-refractivity contribution < 1.29 is 4.74 Å². The fourth-order valence-corrected chi connectivity index (χ4v) is 2.62. The lowest BCUT2D eigenvalue weighted by molar-refractivity contribution is 0.175. The van der Waals surface area contributed by atoms with Crippen molar-refractivity contribution in [1.82, 2.24) is 9.97 Å². The Balaban J connectivity index is 2.18. The van der Waals surface area contributed by atoms with Crippen LogP contribution in [0.1, 0.15) is 72.0 Å². The zero-order valence-corrected chi connectivity index (χ0v) is 13.9. The molecule has 2 rings (SSSR count). The Morgan fingerprint density at radius 3 is 2.38 bits per heavy atom. The van der Waals surface area contributed by atoms with Crippen molar-refractivity contribution in [3.05, 3.63) is 11.9 Å². The van der Waals surface area contributed by atoms with E-state index in [1.165, 1.54) is 25.7 Å². The number of rotatable bonds is 4. The highest BCUT2D eigenvalue weighted by molar-refractivity contribution is 5.39. The highest BCUT2D eigenvalue weighted by Crippen LogP contribution is 2.26. The molecule has 0 amide bonds. The second-order valence-corrected chi connectivity index (χ2v) is 6.93. The summed E-state index contributed by atoms with van der Waals surface area (Å²) in [7, 11) is 0. The maximum absolute atomic E-state index is 6.17. The highest BCUT2D eigenvalue weighted by Gasteiger charge is 2.21. The van der Waals surface area contributed by atoms with Crippen molar-refractivity contribution in [2.24, 2.45) is 0 Å². The summed E-state index contributed by atoms with van der Waals surface area (Å²) in [5, 5.41) is 3.28. The molecule has 0 unspecified atom stereocenters. The Morgan fingerprint density at radius 1 is 1.14 bits per heavy atom. The van der Waals surface area contributed by atoms with Crippen molar-refractivity contribution in [3.63, 3.8) is 0 Å². The van der Waals surface area contributed by atoms with Gasteiger partial charge in [0.1, 0.15) is 17.7 Å². The Labute approximate surface area is 128 Å². The summed E-state index contributed by atoms with van der Waals surface area (Å²) in [5.41, 5.74) is -0.0764. The third-order valence-electron chi connectivity index (χ3n) is 3.82. The van der Waals surface area contributed by atoms with Gasteiger partial charge < -0.3 is 10.1 Å². The van der Waals surface area contributed by atoms with Gasteiger partial charge in [-0.25, -0.2) is 4.98 Å². The predicted molar refractivity (Wildman–Crippen MR) is 87.0 cm³/mol. The molecule has 0 spiro atoms. The standard InChI is InChI=1S/C17H29N3O/c1-5-18-14-12-15(20-16(19-14)17(2,3)4)21-13-10-8-6-7-9-11-13/h12-13H,5-11H2,1-4H3,(H,18,19,20). The molecule has 1 aromatic heterocycles. The number of hydrogen-bond acceptors (Lipinski definition) is 4. The van der Waals surface area contributed by atoms with Gasteiger partial charge in [-0.1, -0.05) is 33.6 Å². The van der Waals surface area contributed by atoms with E-state index in [0.717, 1.165) is 36.9 Å². The van der Waals surface area contributed by atoms with Gasteiger partial charge in [0.2, 0.25) is 5.88 Å². The molecule has 1 N–H and O–H groups in total. The fourth-order valence-electron chi connectivity index (χ4n) is 2.62. The van der Waals surface area contributed by atoms with E-state index in [0.29, 0.717) is 6.10 Å². The molecule has 4 nitrogen and oxygen atoms in total. The second kappa shape index (κ2) is 7.10. The van der Waals surface area contributed by atoms with Gasteiger partial charge >= 0.3 is 0 Å². The molecule has 21 heavy (non-hydrogen) atoms. The minimum Gasteiger partial charge on any atom is -0.474 e. The summed E-state index contributed by atoms with van der Waals surface area (Å²) >= 11 is 0. The van der Waals surface area contributed by atoms with Crippen LogP contribution < -0.4 is 10.1 Å². The van der Waals surface area contributed by atoms with E-state index in [4.69, 9.17) is 4.74 Å². The molecular formula is C17H29N3O. The number of hydrogen-bond donors (Lipinski definition) is 1. The first-order valence-corrected chi connectivity index (χ1v) is 8.29. The zero-order chi connectivity index (χ0) is 15.3. The number of ether oxygens (including phenoxy) is 1. The molecule has 0 aliphatic heterocycles. The van der Waals surface area contributed by atoms with Crippen LogP contribution >= 0.6 is 0 Å². The van der Waals surface area contributed by atoms with Crippen LogP contribution in [0.3, 0.4) is 0 Å². The average Bonchev–Trinajstić information content (AvgIpc) is 2.66. The number of nitrogens with zero attached hydrogens (tertiary/aromatic N) is 2. The maximum atomic E-state index is 6.17. The first-order valence-electron chi connectivity index (χ1n) is 8.29. The molecule has 1 aliphatic carbocycles. The molecule has 1 saturated carbocycles. The third-order valence-corrected chi connectivity index (χ3v) is 3.82. The van der Waals surface area contributed by atoms with E-state index in [1.54, 1.807) is 0 Å². The molecule has 0 saturated heterocycles. The van der Waals surface area contributed by atoms with Gasteiger partial charge in [-0.3, -0.25) is 0 Å². The first kappa shape index (κ1) is 16.1. The first-order chi connectivity index (χ1) is 9.99. The average molecular weight is 291 g/mol. The summed E-state index contributed by atoms with van der Waals surface area (Å²) in [6, 6.07) is 1.93. The number of nitrogens with one attached hydrogen (secondary N) is 1. The van der Waals surface area contributed by atoms with Crippen LogP contribution in [-0.2, 0) is 5.41 Å². The van der Waals surface area contributed by atoms with Gasteiger partial charge in [0.25, 0.3) is 0 Å². The predicted octanol–water partition coefficient (Wildman–Crippen LogP) is 4.31. The molecule has 4 heteroatoms. The van der Waals surface area contributed by atoms with Crippen LogP contribution in [0, 0.1) is 0 Å². The topological polar surface area (TPSA) is 47.0 Å². The van der Waals surface area contributed by atoms with Gasteiger partial charge in [0.15, 0.2) is 0 Å². The van der Waals surface area contributed by atoms with Crippen molar-refractivity contribution in [2.45, 2.75) is 77.7 Å². The summed E-state index contributed by atoms with van der Waals surface area (Å²) in [4.78, 5) is 9.24. The number of anilines is 1. The third kappa shape index (κ3) is 4.87. The minimum absolute atomic E-state index is 0.0764. The Hall–Kier alpha value is -1.32. The van der Waals surface area contributed by atoms with Crippen LogP contribution in [0.2, 0.25) is 0 Å². The van der Waals surface area contributed by atoms with Crippen molar-refractivity contribution in [1.29, 1.82) is 0 Å². The Kier molecular flexibility index (Phi) is 5.43. The SMILES string of the molecule is CCNc1cc(OC2CCCCCC2)nc(C(C)(C)C)n1. The molecule has 1 fully saturated rings. The summed E-state index contributed by atoms with van der Waals surface area (Å²) < 4.78 is 6.17. The van der Waals surface area contributed by atoms with Crippen LogP contribution in [0.5, 0.6) is 5.88 Å². The molecule has 0 atom stereocenters. The fraction of sp³-hybridized carbons (Fsp3) is 0.765. The van der Waals surface area contributed by atoms with E-state index >= 15 is 0 Å². The van der Waals surface area contributed by atoms with E-state index in [9.17, 15) is 0 Å². The normalized spacial score (nSPS) is 17.3. The van der Waals surface area contributed by atoms with Crippen molar-refractivity contribution in [2.75, 3.05) is 11.9 Å². The second-order valence-electron chi connectivity index (χ2n) is 6.93. The zero-order valence-electron chi connectivity index (χ0n) is 13.9. The molecule has 118 valence electrons. The van der Waals surface area contributed by atoms with E-state index in [-0.39, 0.29) is 5.41 Å². The van der Waals surface area contributed by atoms with Crippen molar-refractivity contribution >= 4 is 5.82 Å². The van der Waals surface area contributed by atoms with Gasteiger partial charge in [0, 0.05) is 18.0 Å². The lowest BCUT2D eigenvalue weighted by Crippen LogP contribution is -2.20. The Morgan fingerprint density at radius 2 is 1.81 bits per heavy atom. The highest BCUT2D eigenvalue weighted by atomic mass is 16.5. The molecule has 1 aliphatic rings. The van der Waals surface area contributed by atoms with Crippen LogP contribution in [-0.4, -0.2) is 22.6 Å². The lowest BCUT2D eigenvalue weighted by Gasteiger charge is -2.21. The van der Waals surface area contributed by atoms with E-state index < -0.39 is 0 Å². The largest absolute Gasteiger partial charge is 0.474 e. The maximum Gasteiger partial charge on any atom is 0.219 e. The van der Waals surface area contributed by atoms with Crippen molar-refractivity contribution in [3.8, 4) is 5.88 Å². The Bertz CT molecular complexity index is 446. The molecule has 0 radical (unpaired) electrons. The van der Waals surface area contributed by atoms with Crippen LogP contribution in [0.15, 0.2) is 6.07 Å². The van der Waals surface area contributed by atoms with Gasteiger partial charge in [-0.05, 0) is 32.6 Å².